The number of rotatable bonds is 5. The number of aromatic nitrogens is 2. The van der Waals surface area contributed by atoms with Gasteiger partial charge in [0.15, 0.2) is 11.5 Å². The number of hydrogen-bond acceptors (Lipinski definition) is 5. The first kappa shape index (κ1) is 14.9. The molecule has 1 heterocycles. The van der Waals surface area contributed by atoms with Crippen molar-refractivity contribution in [3.63, 3.8) is 0 Å². The molecule has 6 nitrogen and oxygen atoms in total. The summed E-state index contributed by atoms with van der Waals surface area (Å²) in [5, 5.41) is 4.46. The Morgan fingerprint density at radius 1 is 0.957 bits per heavy atom. The minimum atomic E-state index is 0.537. The second kappa shape index (κ2) is 6.39. The molecular formula is C17H17N3O3. The Labute approximate surface area is 133 Å². The zero-order chi connectivity index (χ0) is 16.2. The molecule has 0 aliphatic heterocycles. The van der Waals surface area contributed by atoms with Crippen molar-refractivity contribution in [2.45, 2.75) is 0 Å². The highest BCUT2D eigenvalue weighted by Gasteiger charge is 2.14. The van der Waals surface area contributed by atoms with Crippen molar-refractivity contribution < 1.29 is 14.2 Å². The first-order valence-corrected chi connectivity index (χ1v) is 7.04. The van der Waals surface area contributed by atoms with Crippen LogP contribution in [0.1, 0.15) is 5.56 Å². The smallest absolute Gasteiger partial charge is 0.203 e. The van der Waals surface area contributed by atoms with Crippen molar-refractivity contribution in [2.75, 3.05) is 21.3 Å². The zero-order valence-corrected chi connectivity index (χ0v) is 13.2. The second-order valence-corrected chi connectivity index (χ2v) is 4.75. The molecule has 0 atom stereocenters. The third-order valence-corrected chi connectivity index (χ3v) is 3.49. The van der Waals surface area contributed by atoms with Gasteiger partial charge in [-0.1, -0.05) is 12.1 Å². The highest BCUT2D eigenvalue weighted by atomic mass is 16.5. The van der Waals surface area contributed by atoms with Crippen LogP contribution in [0.3, 0.4) is 0 Å². The van der Waals surface area contributed by atoms with Gasteiger partial charge in [0, 0.05) is 5.56 Å². The van der Waals surface area contributed by atoms with Crippen molar-refractivity contribution in [1.29, 1.82) is 0 Å². The molecule has 118 valence electrons. The van der Waals surface area contributed by atoms with Gasteiger partial charge in [-0.3, -0.25) is 0 Å². The van der Waals surface area contributed by atoms with E-state index in [2.05, 4.69) is 10.1 Å². The van der Waals surface area contributed by atoms with Crippen LogP contribution in [-0.2, 0) is 0 Å². The maximum atomic E-state index is 5.45. The summed E-state index contributed by atoms with van der Waals surface area (Å²) in [6.07, 6.45) is 3.38. The summed E-state index contributed by atoms with van der Waals surface area (Å²) in [6.45, 7) is 0. The standard InChI is InChI=1S/C17H17N3O3/c1-21-15-9-8-12(16(22-2)17(15)23-3)10-19-20-11-18-13-6-4-5-7-14(13)20/h4-11H,1-3H3/b19-10-. The first-order chi connectivity index (χ1) is 11.3. The highest BCUT2D eigenvalue weighted by Crippen LogP contribution is 2.39. The normalized spacial score (nSPS) is 11.1. The lowest BCUT2D eigenvalue weighted by Crippen LogP contribution is -1.99. The minimum absolute atomic E-state index is 0.537. The lowest BCUT2D eigenvalue weighted by molar-refractivity contribution is 0.324. The van der Waals surface area contributed by atoms with E-state index in [1.165, 1.54) is 0 Å². The van der Waals surface area contributed by atoms with Gasteiger partial charge in [0.05, 0.1) is 38.6 Å². The van der Waals surface area contributed by atoms with Gasteiger partial charge in [-0.15, -0.1) is 0 Å². The van der Waals surface area contributed by atoms with Crippen LogP contribution in [0.2, 0.25) is 0 Å². The zero-order valence-electron chi connectivity index (χ0n) is 13.2. The molecular weight excluding hydrogens is 294 g/mol. The minimum Gasteiger partial charge on any atom is -0.493 e. The van der Waals surface area contributed by atoms with E-state index in [4.69, 9.17) is 14.2 Å². The fraction of sp³-hybridized carbons (Fsp3) is 0.176. The van der Waals surface area contributed by atoms with Crippen molar-refractivity contribution in [3.05, 3.63) is 48.3 Å². The molecule has 0 bridgehead atoms. The van der Waals surface area contributed by atoms with Gasteiger partial charge in [0.2, 0.25) is 5.75 Å². The van der Waals surface area contributed by atoms with E-state index in [0.29, 0.717) is 17.2 Å². The van der Waals surface area contributed by atoms with E-state index < -0.39 is 0 Å². The third-order valence-electron chi connectivity index (χ3n) is 3.49. The number of methoxy groups -OCH3 is 3. The Bertz CT molecular complexity index is 855. The van der Waals surface area contributed by atoms with Crippen LogP contribution in [0.15, 0.2) is 47.8 Å². The average Bonchev–Trinajstić information content (AvgIpc) is 3.02. The van der Waals surface area contributed by atoms with E-state index in [1.54, 1.807) is 38.5 Å². The van der Waals surface area contributed by atoms with E-state index >= 15 is 0 Å². The van der Waals surface area contributed by atoms with E-state index in [1.807, 2.05) is 36.4 Å². The molecule has 2 aromatic carbocycles. The maximum Gasteiger partial charge on any atom is 0.203 e. The van der Waals surface area contributed by atoms with Gasteiger partial charge < -0.3 is 14.2 Å². The van der Waals surface area contributed by atoms with Crippen LogP contribution in [0, 0.1) is 0 Å². The molecule has 0 spiro atoms. The van der Waals surface area contributed by atoms with Crippen molar-refractivity contribution in [3.8, 4) is 17.2 Å². The highest BCUT2D eigenvalue weighted by molar-refractivity contribution is 5.86. The number of imidazole rings is 1. The predicted molar refractivity (Wildman–Crippen MR) is 88.8 cm³/mol. The topological polar surface area (TPSA) is 57.9 Å². The third kappa shape index (κ3) is 2.70. The van der Waals surface area contributed by atoms with Crippen molar-refractivity contribution in [1.82, 2.24) is 9.66 Å². The van der Waals surface area contributed by atoms with Gasteiger partial charge in [-0.05, 0) is 24.3 Å². The van der Waals surface area contributed by atoms with Crippen LogP contribution in [0.5, 0.6) is 17.2 Å². The lowest BCUT2D eigenvalue weighted by atomic mass is 10.2. The molecule has 3 rings (SSSR count). The van der Waals surface area contributed by atoms with Crippen LogP contribution in [0.4, 0.5) is 0 Å². The van der Waals surface area contributed by atoms with Crippen molar-refractivity contribution in [2.24, 2.45) is 5.10 Å². The molecule has 0 aliphatic carbocycles. The summed E-state index contributed by atoms with van der Waals surface area (Å²) in [4.78, 5) is 4.31. The van der Waals surface area contributed by atoms with Gasteiger partial charge in [0.1, 0.15) is 6.33 Å². The van der Waals surface area contributed by atoms with Crippen LogP contribution in [0.25, 0.3) is 11.0 Å². The van der Waals surface area contributed by atoms with E-state index in [9.17, 15) is 0 Å². The van der Waals surface area contributed by atoms with Crippen LogP contribution < -0.4 is 14.2 Å². The lowest BCUT2D eigenvalue weighted by Gasteiger charge is -2.13. The molecule has 0 unspecified atom stereocenters. The van der Waals surface area contributed by atoms with Crippen molar-refractivity contribution >= 4 is 17.2 Å². The average molecular weight is 311 g/mol. The molecule has 0 aliphatic rings. The van der Waals surface area contributed by atoms with E-state index in [0.717, 1.165) is 16.6 Å². The molecule has 0 amide bonds. The summed E-state index contributed by atoms with van der Waals surface area (Å²) < 4.78 is 17.8. The van der Waals surface area contributed by atoms with Crippen LogP contribution in [-0.4, -0.2) is 37.2 Å². The fourth-order valence-corrected chi connectivity index (χ4v) is 2.39. The summed E-state index contributed by atoms with van der Waals surface area (Å²) in [5.74, 6) is 1.71. The van der Waals surface area contributed by atoms with E-state index in [-0.39, 0.29) is 0 Å². The Kier molecular flexibility index (Phi) is 4.14. The maximum absolute atomic E-state index is 5.45. The molecule has 6 heteroatoms. The largest absolute Gasteiger partial charge is 0.493 e. The fourth-order valence-electron chi connectivity index (χ4n) is 2.39. The summed E-state index contributed by atoms with van der Waals surface area (Å²) in [7, 11) is 4.74. The quantitative estimate of drug-likeness (QED) is 0.680. The van der Waals surface area contributed by atoms with Gasteiger partial charge >= 0.3 is 0 Å². The van der Waals surface area contributed by atoms with Gasteiger partial charge in [-0.2, -0.15) is 5.10 Å². The SMILES string of the molecule is COc1ccc(/C=N\n2cnc3ccccc32)c(OC)c1OC. The molecule has 23 heavy (non-hydrogen) atoms. The molecule has 0 fully saturated rings. The molecule has 3 aromatic rings. The molecule has 1 aromatic heterocycles. The molecule has 0 saturated heterocycles. The summed E-state index contributed by atoms with van der Waals surface area (Å²) >= 11 is 0. The Hall–Kier alpha value is -3.02. The number of hydrogen-bond donors (Lipinski definition) is 0. The predicted octanol–water partition coefficient (Wildman–Crippen LogP) is 2.94. The van der Waals surface area contributed by atoms with Gasteiger partial charge in [-0.25, -0.2) is 9.66 Å². The Morgan fingerprint density at radius 3 is 2.48 bits per heavy atom. The van der Waals surface area contributed by atoms with Gasteiger partial charge in [0.25, 0.3) is 0 Å². The summed E-state index contributed by atoms with van der Waals surface area (Å²) in [6, 6.07) is 11.5. The molecule has 0 N–H and O–H groups in total. The summed E-state index contributed by atoms with van der Waals surface area (Å²) in [5.41, 5.74) is 2.61. The second-order valence-electron chi connectivity index (χ2n) is 4.75. The number of benzene rings is 2. The Balaban J connectivity index is 2.02. The number of ether oxygens (including phenoxy) is 3. The monoisotopic (exact) mass is 311 g/mol. The molecule has 0 saturated carbocycles. The number of nitrogens with zero attached hydrogens (tertiary/aromatic N) is 3. The van der Waals surface area contributed by atoms with Crippen LogP contribution >= 0.6 is 0 Å². The first-order valence-electron chi connectivity index (χ1n) is 7.04. The molecule has 0 radical (unpaired) electrons. The number of fused-ring (bicyclic) bond motifs is 1. The Morgan fingerprint density at radius 2 is 1.74 bits per heavy atom. The number of para-hydroxylation sites is 2.